The highest BCUT2D eigenvalue weighted by atomic mass is 79.9. The molecule has 92 valence electrons. The highest BCUT2D eigenvalue weighted by molar-refractivity contribution is 9.09. The van der Waals surface area contributed by atoms with Crippen LogP contribution in [0.3, 0.4) is 0 Å². The molecule has 0 aromatic carbocycles. The zero-order valence-corrected chi connectivity index (χ0v) is 11.3. The Morgan fingerprint density at radius 1 is 1.44 bits per heavy atom. The summed E-state index contributed by atoms with van der Waals surface area (Å²) < 4.78 is 0. The van der Waals surface area contributed by atoms with Crippen molar-refractivity contribution in [3.63, 3.8) is 0 Å². The molecule has 0 aromatic rings. The lowest BCUT2D eigenvalue weighted by Crippen LogP contribution is -2.37. The van der Waals surface area contributed by atoms with E-state index >= 15 is 0 Å². The van der Waals surface area contributed by atoms with E-state index in [0.29, 0.717) is 13.0 Å². The summed E-state index contributed by atoms with van der Waals surface area (Å²) in [6, 6.07) is 0.151. The van der Waals surface area contributed by atoms with Crippen LogP contribution >= 0.6 is 15.9 Å². The summed E-state index contributed by atoms with van der Waals surface area (Å²) in [5.74, 6) is 0.201. The first kappa shape index (κ1) is 13.5. The molecule has 1 unspecified atom stereocenters. The third kappa shape index (κ3) is 4.51. The molecule has 1 atom stereocenters. The highest BCUT2D eigenvalue weighted by Gasteiger charge is 2.25. The molecule has 1 aliphatic rings. The number of halogens is 1. The normalized spacial score (nSPS) is 19.9. The fourth-order valence-electron chi connectivity index (χ4n) is 1.92. The van der Waals surface area contributed by atoms with Gasteiger partial charge in [-0.05, 0) is 19.3 Å². The Balaban J connectivity index is 2.24. The molecule has 4 nitrogen and oxygen atoms in total. The van der Waals surface area contributed by atoms with Gasteiger partial charge in [-0.25, -0.2) is 0 Å². The minimum atomic E-state index is -0.0152. The van der Waals surface area contributed by atoms with Gasteiger partial charge in [0.2, 0.25) is 11.8 Å². The minimum absolute atomic E-state index is 0.0152. The lowest BCUT2D eigenvalue weighted by atomic mass is 10.2. The topological polar surface area (TPSA) is 49.4 Å². The van der Waals surface area contributed by atoms with Crippen molar-refractivity contribution >= 4 is 27.7 Å². The van der Waals surface area contributed by atoms with Gasteiger partial charge in [-0.3, -0.25) is 9.59 Å². The van der Waals surface area contributed by atoms with Crippen molar-refractivity contribution in [1.82, 2.24) is 10.2 Å². The molecule has 5 heteroatoms. The number of hydrogen-bond donors (Lipinski definition) is 1. The molecule has 1 aliphatic heterocycles. The van der Waals surface area contributed by atoms with E-state index in [1.807, 2.05) is 4.90 Å². The Labute approximate surface area is 105 Å². The number of amides is 2. The van der Waals surface area contributed by atoms with E-state index in [9.17, 15) is 9.59 Å². The largest absolute Gasteiger partial charge is 0.352 e. The number of carbonyl (C=O) groups is 2. The summed E-state index contributed by atoms with van der Waals surface area (Å²) in [5.41, 5.74) is 0. The highest BCUT2D eigenvalue weighted by Crippen LogP contribution is 2.12. The summed E-state index contributed by atoms with van der Waals surface area (Å²) in [5, 5.41) is 3.81. The van der Waals surface area contributed by atoms with Crippen LogP contribution in [0.2, 0.25) is 0 Å². The van der Waals surface area contributed by atoms with Crippen LogP contribution < -0.4 is 5.32 Å². The Morgan fingerprint density at radius 2 is 2.19 bits per heavy atom. The molecule has 0 bridgehead atoms. The first-order valence-corrected chi connectivity index (χ1v) is 6.86. The van der Waals surface area contributed by atoms with Crippen LogP contribution in [0.15, 0.2) is 0 Å². The molecule has 1 heterocycles. The van der Waals surface area contributed by atoms with Crippen molar-refractivity contribution in [3.05, 3.63) is 0 Å². The van der Waals surface area contributed by atoms with Crippen LogP contribution in [-0.2, 0) is 9.59 Å². The lowest BCUT2D eigenvalue weighted by molar-refractivity contribution is -0.130. The predicted octanol–water partition coefficient (Wildman–Crippen LogP) is 1.29. The Hall–Kier alpha value is -0.580. The van der Waals surface area contributed by atoms with E-state index in [1.54, 1.807) is 0 Å². The summed E-state index contributed by atoms with van der Waals surface area (Å²) >= 11 is 3.35. The van der Waals surface area contributed by atoms with Crippen molar-refractivity contribution in [2.75, 3.05) is 18.4 Å². The number of unbranched alkanes of at least 4 members (excludes halogenated alkanes) is 1. The van der Waals surface area contributed by atoms with Crippen LogP contribution in [-0.4, -0.2) is 41.2 Å². The number of nitrogens with one attached hydrogen (secondary N) is 1. The van der Waals surface area contributed by atoms with Crippen LogP contribution in [0.4, 0.5) is 0 Å². The SMILES string of the molecule is CC(=O)NC1CCN(C(=O)CCCCBr)C1. The Morgan fingerprint density at radius 3 is 2.81 bits per heavy atom. The summed E-state index contributed by atoms with van der Waals surface area (Å²) in [6.07, 6.45) is 3.47. The molecule has 0 spiro atoms. The number of likely N-dealkylation sites (tertiary alicyclic amines) is 1. The number of alkyl halides is 1. The van der Waals surface area contributed by atoms with E-state index in [2.05, 4.69) is 21.2 Å². The van der Waals surface area contributed by atoms with Crippen LogP contribution in [0, 0.1) is 0 Å². The molecule has 0 radical (unpaired) electrons. The molecular formula is C11H19BrN2O2. The minimum Gasteiger partial charge on any atom is -0.352 e. The summed E-state index contributed by atoms with van der Waals surface area (Å²) in [7, 11) is 0. The van der Waals surface area contributed by atoms with E-state index in [1.165, 1.54) is 6.92 Å². The molecule has 1 fully saturated rings. The molecule has 16 heavy (non-hydrogen) atoms. The van der Waals surface area contributed by atoms with Gasteiger partial charge in [0.05, 0.1) is 0 Å². The fraction of sp³-hybridized carbons (Fsp3) is 0.818. The monoisotopic (exact) mass is 290 g/mol. The lowest BCUT2D eigenvalue weighted by Gasteiger charge is -2.16. The zero-order valence-electron chi connectivity index (χ0n) is 9.67. The third-order valence-corrected chi connectivity index (χ3v) is 3.28. The standard InChI is InChI=1S/C11H19BrN2O2/c1-9(15)13-10-5-7-14(8-10)11(16)4-2-3-6-12/h10H,2-8H2,1H3,(H,13,15). The van der Waals surface area contributed by atoms with Gasteiger partial charge >= 0.3 is 0 Å². The van der Waals surface area contributed by atoms with Crippen LogP contribution in [0.5, 0.6) is 0 Å². The Kier molecular flexibility index (Phi) is 5.80. The molecule has 1 saturated heterocycles. The quantitative estimate of drug-likeness (QED) is 0.613. The van der Waals surface area contributed by atoms with E-state index < -0.39 is 0 Å². The summed E-state index contributed by atoms with van der Waals surface area (Å²) in [6.45, 7) is 2.96. The second kappa shape index (κ2) is 6.89. The maximum Gasteiger partial charge on any atom is 0.222 e. The number of rotatable bonds is 5. The van der Waals surface area contributed by atoms with Crippen LogP contribution in [0.25, 0.3) is 0 Å². The van der Waals surface area contributed by atoms with Gasteiger partial charge < -0.3 is 10.2 Å². The molecule has 0 aromatic heterocycles. The smallest absolute Gasteiger partial charge is 0.222 e. The molecule has 2 amide bonds. The fourth-order valence-corrected chi connectivity index (χ4v) is 2.32. The first-order valence-electron chi connectivity index (χ1n) is 5.74. The van der Waals surface area contributed by atoms with Crippen molar-refractivity contribution in [2.45, 2.75) is 38.6 Å². The molecule has 0 aliphatic carbocycles. The molecule has 1 N–H and O–H groups in total. The van der Waals surface area contributed by atoms with E-state index in [0.717, 1.165) is 31.1 Å². The second-order valence-corrected chi connectivity index (χ2v) is 4.96. The van der Waals surface area contributed by atoms with Crippen molar-refractivity contribution in [1.29, 1.82) is 0 Å². The third-order valence-electron chi connectivity index (χ3n) is 2.72. The van der Waals surface area contributed by atoms with Gasteiger partial charge in [0.15, 0.2) is 0 Å². The number of nitrogens with zero attached hydrogens (tertiary/aromatic N) is 1. The second-order valence-electron chi connectivity index (χ2n) is 4.17. The van der Waals surface area contributed by atoms with Crippen molar-refractivity contribution < 1.29 is 9.59 Å². The number of hydrogen-bond acceptors (Lipinski definition) is 2. The van der Waals surface area contributed by atoms with E-state index in [-0.39, 0.29) is 17.9 Å². The Bertz CT molecular complexity index is 258. The van der Waals surface area contributed by atoms with Gasteiger partial charge in [-0.1, -0.05) is 15.9 Å². The average molecular weight is 291 g/mol. The zero-order chi connectivity index (χ0) is 12.0. The molecule has 0 saturated carbocycles. The van der Waals surface area contributed by atoms with Crippen LogP contribution in [0.1, 0.15) is 32.6 Å². The van der Waals surface area contributed by atoms with Gasteiger partial charge in [-0.15, -0.1) is 0 Å². The van der Waals surface area contributed by atoms with Crippen molar-refractivity contribution in [2.24, 2.45) is 0 Å². The van der Waals surface area contributed by atoms with Gasteiger partial charge in [-0.2, -0.15) is 0 Å². The number of carbonyl (C=O) groups excluding carboxylic acids is 2. The van der Waals surface area contributed by atoms with Crippen molar-refractivity contribution in [3.8, 4) is 0 Å². The maximum atomic E-state index is 11.7. The molecule has 1 rings (SSSR count). The first-order chi connectivity index (χ1) is 7.63. The van der Waals surface area contributed by atoms with E-state index in [4.69, 9.17) is 0 Å². The van der Waals surface area contributed by atoms with Gasteiger partial charge in [0.25, 0.3) is 0 Å². The average Bonchev–Trinajstić information content (AvgIpc) is 2.65. The maximum absolute atomic E-state index is 11.7. The van der Waals surface area contributed by atoms with Gasteiger partial charge in [0.1, 0.15) is 0 Å². The predicted molar refractivity (Wildman–Crippen MR) is 66.4 cm³/mol. The summed E-state index contributed by atoms with van der Waals surface area (Å²) in [4.78, 5) is 24.5. The van der Waals surface area contributed by atoms with Gasteiger partial charge in [0, 0.05) is 37.8 Å². The molecular weight excluding hydrogens is 272 g/mol.